The predicted molar refractivity (Wildman–Crippen MR) is 81.0 cm³/mol. The lowest BCUT2D eigenvalue weighted by atomic mass is 10.2. The summed E-state index contributed by atoms with van der Waals surface area (Å²) >= 11 is 5.87. The summed E-state index contributed by atoms with van der Waals surface area (Å²) in [7, 11) is 0. The minimum absolute atomic E-state index is 0.589. The molecule has 104 valence electrons. The fraction of sp³-hybridized carbons (Fsp3) is 0.400. The van der Waals surface area contributed by atoms with Crippen LogP contribution in [-0.2, 0) is 0 Å². The van der Waals surface area contributed by atoms with E-state index in [1.54, 1.807) is 6.20 Å². The number of rotatable bonds is 5. The molecule has 0 aliphatic heterocycles. The van der Waals surface area contributed by atoms with Crippen LogP contribution in [0.25, 0.3) is 11.5 Å². The van der Waals surface area contributed by atoms with Crippen LogP contribution in [0.3, 0.4) is 0 Å². The van der Waals surface area contributed by atoms with E-state index in [1.807, 2.05) is 12.1 Å². The molecule has 4 nitrogen and oxygen atoms in total. The third-order valence-electron chi connectivity index (χ3n) is 3.25. The summed E-state index contributed by atoms with van der Waals surface area (Å²) in [6.07, 6.45) is 5.13. The zero-order valence-electron chi connectivity index (χ0n) is 11.4. The molecular weight excluding hydrogens is 272 g/mol. The Hall–Kier alpha value is -1.68. The van der Waals surface area contributed by atoms with Crippen LogP contribution in [0.2, 0.25) is 5.02 Å². The number of hydrogen-bond donors (Lipinski definition) is 1. The third-order valence-corrected chi connectivity index (χ3v) is 3.48. The van der Waals surface area contributed by atoms with Crippen molar-refractivity contribution in [3.05, 3.63) is 35.1 Å². The maximum absolute atomic E-state index is 5.87. The second kappa shape index (κ2) is 5.75. The highest BCUT2D eigenvalue weighted by Crippen LogP contribution is 2.40. The van der Waals surface area contributed by atoms with Gasteiger partial charge in [-0.2, -0.15) is 0 Å². The first kappa shape index (κ1) is 13.3. The molecule has 1 aliphatic rings. The van der Waals surface area contributed by atoms with Crippen LogP contribution < -0.4 is 5.32 Å². The first-order valence-corrected chi connectivity index (χ1v) is 7.39. The fourth-order valence-corrected chi connectivity index (χ4v) is 2.13. The second-order valence-electron chi connectivity index (χ2n) is 5.06. The van der Waals surface area contributed by atoms with Crippen LogP contribution in [0, 0.1) is 0 Å². The third kappa shape index (κ3) is 3.07. The number of aromatic nitrogens is 3. The van der Waals surface area contributed by atoms with Gasteiger partial charge < -0.3 is 5.32 Å². The van der Waals surface area contributed by atoms with E-state index in [2.05, 4.69) is 33.3 Å². The Morgan fingerprint density at radius 1 is 1.30 bits per heavy atom. The van der Waals surface area contributed by atoms with Crippen molar-refractivity contribution in [2.45, 2.75) is 32.1 Å². The van der Waals surface area contributed by atoms with E-state index in [9.17, 15) is 0 Å². The first-order valence-electron chi connectivity index (χ1n) is 7.01. The zero-order chi connectivity index (χ0) is 13.9. The number of hydrogen-bond acceptors (Lipinski definition) is 4. The van der Waals surface area contributed by atoms with Crippen LogP contribution in [0.15, 0.2) is 24.4 Å². The average molecular weight is 289 g/mol. The van der Waals surface area contributed by atoms with E-state index in [0.29, 0.717) is 16.8 Å². The van der Waals surface area contributed by atoms with Gasteiger partial charge in [-0.1, -0.05) is 18.5 Å². The molecule has 2 aromatic rings. The number of anilines is 1. The molecule has 0 bridgehead atoms. The lowest BCUT2D eigenvalue weighted by Crippen LogP contribution is -2.05. The summed E-state index contributed by atoms with van der Waals surface area (Å²) in [5.74, 6) is 2.14. The molecule has 0 radical (unpaired) electrons. The van der Waals surface area contributed by atoms with Crippen LogP contribution in [-0.4, -0.2) is 21.5 Å². The molecule has 0 spiro atoms. The van der Waals surface area contributed by atoms with E-state index >= 15 is 0 Å². The SMILES string of the molecule is CCCNc1cc(C2CC2)nc(-c2ccc(Cl)cn2)n1. The van der Waals surface area contributed by atoms with Gasteiger partial charge in [0.05, 0.1) is 5.02 Å². The molecule has 1 aliphatic carbocycles. The predicted octanol–water partition coefficient (Wildman–Crippen LogP) is 3.89. The van der Waals surface area contributed by atoms with Gasteiger partial charge in [-0.05, 0) is 31.4 Å². The Morgan fingerprint density at radius 3 is 2.80 bits per heavy atom. The van der Waals surface area contributed by atoms with Crippen molar-refractivity contribution in [1.29, 1.82) is 0 Å². The van der Waals surface area contributed by atoms with Crippen molar-refractivity contribution < 1.29 is 0 Å². The normalized spacial score (nSPS) is 14.3. The lowest BCUT2D eigenvalue weighted by molar-refractivity contribution is 0.945. The molecule has 2 heterocycles. The highest BCUT2D eigenvalue weighted by Gasteiger charge is 2.26. The molecular formula is C15H17ClN4. The van der Waals surface area contributed by atoms with Crippen molar-refractivity contribution in [3.63, 3.8) is 0 Å². The molecule has 5 heteroatoms. The summed E-state index contributed by atoms with van der Waals surface area (Å²) in [5.41, 5.74) is 1.88. The maximum Gasteiger partial charge on any atom is 0.180 e. The molecule has 2 aromatic heterocycles. The molecule has 3 rings (SSSR count). The van der Waals surface area contributed by atoms with Gasteiger partial charge >= 0.3 is 0 Å². The van der Waals surface area contributed by atoms with E-state index in [1.165, 1.54) is 12.8 Å². The summed E-state index contributed by atoms with van der Waals surface area (Å²) in [5, 5.41) is 3.96. The highest BCUT2D eigenvalue weighted by molar-refractivity contribution is 6.30. The van der Waals surface area contributed by atoms with Crippen LogP contribution in [0.5, 0.6) is 0 Å². The minimum Gasteiger partial charge on any atom is -0.370 e. The maximum atomic E-state index is 5.87. The zero-order valence-corrected chi connectivity index (χ0v) is 12.2. The van der Waals surface area contributed by atoms with E-state index < -0.39 is 0 Å². The van der Waals surface area contributed by atoms with Crippen LogP contribution in [0.4, 0.5) is 5.82 Å². The standard InChI is InChI=1S/C15H17ClN4/c1-2-7-17-14-8-13(10-3-4-10)19-15(20-14)12-6-5-11(16)9-18-12/h5-6,8-10H,2-4,7H2,1H3,(H,17,19,20). The average Bonchev–Trinajstić information content (AvgIpc) is 3.30. The highest BCUT2D eigenvalue weighted by atomic mass is 35.5. The molecule has 0 saturated heterocycles. The molecule has 0 amide bonds. The number of pyridine rings is 1. The largest absolute Gasteiger partial charge is 0.370 e. The van der Waals surface area contributed by atoms with Crippen molar-refractivity contribution in [3.8, 4) is 11.5 Å². The van der Waals surface area contributed by atoms with Crippen molar-refractivity contribution in [2.24, 2.45) is 0 Å². The Labute approximate surface area is 123 Å². The molecule has 0 atom stereocenters. The fourth-order valence-electron chi connectivity index (χ4n) is 2.02. The summed E-state index contributed by atoms with van der Waals surface area (Å²) < 4.78 is 0. The Kier molecular flexibility index (Phi) is 3.83. The lowest BCUT2D eigenvalue weighted by Gasteiger charge is -2.09. The topological polar surface area (TPSA) is 50.7 Å². The van der Waals surface area contributed by atoms with Gasteiger partial charge in [-0.25, -0.2) is 9.97 Å². The first-order chi connectivity index (χ1) is 9.76. The smallest absolute Gasteiger partial charge is 0.180 e. The number of nitrogens with zero attached hydrogens (tertiary/aromatic N) is 3. The quantitative estimate of drug-likeness (QED) is 0.907. The molecule has 0 unspecified atom stereocenters. The van der Waals surface area contributed by atoms with E-state index in [0.717, 1.165) is 30.2 Å². The van der Waals surface area contributed by atoms with Crippen molar-refractivity contribution >= 4 is 17.4 Å². The van der Waals surface area contributed by atoms with Gasteiger partial charge in [0, 0.05) is 30.4 Å². The Bertz CT molecular complexity index is 593. The van der Waals surface area contributed by atoms with Crippen LogP contribution >= 0.6 is 11.6 Å². The van der Waals surface area contributed by atoms with E-state index in [-0.39, 0.29) is 0 Å². The van der Waals surface area contributed by atoms with Gasteiger partial charge in [0.1, 0.15) is 11.5 Å². The molecule has 1 N–H and O–H groups in total. The van der Waals surface area contributed by atoms with Gasteiger partial charge in [0.25, 0.3) is 0 Å². The Morgan fingerprint density at radius 2 is 2.15 bits per heavy atom. The van der Waals surface area contributed by atoms with E-state index in [4.69, 9.17) is 11.6 Å². The van der Waals surface area contributed by atoms with Gasteiger partial charge in [-0.3, -0.25) is 4.98 Å². The molecule has 1 fully saturated rings. The summed E-state index contributed by atoms with van der Waals surface area (Å²) in [4.78, 5) is 13.5. The number of nitrogens with one attached hydrogen (secondary N) is 1. The molecule has 0 aromatic carbocycles. The van der Waals surface area contributed by atoms with Gasteiger partial charge in [0.2, 0.25) is 0 Å². The summed E-state index contributed by atoms with van der Waals surface area (Å²) in [6.45, 7) is 3.05. The number of halogens is 1. The second-order valence-corrected chi connectivity index (χ2v) is 5.50. The monoisotopic (exact) mass is 288 g/mol. The van der Waals surface area contributed by atoms with Gasteiger partial charge in [0.15, 0.2) is 5.82 Å². The Balaban J connectivity index is 1.95. The van der Waals surface area contributed by atoms with Gasteiger partial charge in [-0.15, -0.1) is 0 Å². The molecule has 20 heavy (non-hydrogen) atoms. The van der Waals surface area contributed by atoms with Crippen LogP contribution in [0.1, 0.15) is 37.8 Å². The van der Waals surface area contributed by atoms with Crippen molar-refractivity contribution in [1.82, 2.24) is 15.0 Å². The molecule has 1 saturated carbocycles. The minimum atomic E-state index is 0.589. The van der Waals surface area contributed by atoms with Crippen molar-refractivity contribution in [2.75, 3.05) is 11.9 Å². The summed E-state index contributed by atoms with van der Waals surface area (Å²) in [6, 6.07) is 5.74.